The monoisotopic (exact) mass is 338 g/mol. The van der Waals surface area contributed by atoms with Gasteiger partial charge in [0.2, 0.25) is 0 Å². The SMILES string of the molecule is C=C=CC(COCCC)COCCOCC(C=C=C)COCCC. The first-order chi connectivity index (χ1) is 11.8. The molecular formula is C20H34O4. The van der Waals surface area contributed by atoms with Gasteiger partial charge in [-0.15, -0.1) is 11.5 Å². The van der Waals surface area contributed by atoms with Gasteiger partial charge in [-0.25, -0.2) is 0 Å². The Balaban J connectivity index is 3.80. The van der Waals surface area contributed by atoms with Crippen LogP contribution in [0.2, 0.25) is 0 Å². The first kappa shape index (κ1) is 22.9. The average molecular weight is 338 g/mol. The van der Waals surface area contributed by atoms with E-state index in [2.05, 4.69) is 38.5 Å². The lowest BCUT2D eigenvalue weighted by Crippen LogP contribution is -2.18. The molecule has 0 spiro atoms. The summed E-state index contributed by atoms with van der Waals surface area (Å²) in [6.45, 7) is 16.5. The molecule has 24 heavy (non-hydrogen) atoms. The van der Waals surface area contributed by atoms with E-state index in [0.29, 0.717) is 39.6 Å². The van der Waals surface area contributed by atoms with Crippen LogP contribution in [0.4, 0.5) is 0 Å². The van der Waals surface area contributed by atoms with Crippen LogP contribution < -0.4 is 0 Å². The predicted molar refractivity (Wildman–Crippen MR) is 98.3 cm³/mol. The van der Waals surface area contributed by atoms with Gasteiger partial charge >= 0.3 is 0 Å². The highest BCUT2D eigenvalue weighted by Gasteiger charge is 2.07. The van der Waals surface area contributed by atoms with Gasteiger partial charge < -0.3 is 18.9 Å². The minimum atomic E-state index is 0.188. The predicted octanol–water partition coefficient (Wildman–Crippen LogP) is 3.79. The van der Waals surface area contributed by atoms with Crippen molar-refractivity contribution in [2.45, 2.75) is 26.7 Å². The van der Waals surface area contributed by atoms with Gasteiger partial charge in [0, 0.05) is 25.0 Å². The summed E-state index contributed by atoms with van der Waals surface area (Å²) in [6.07, 6.45) is 5.82. The minimum Gasteiger partial charge on any atom is -0.381 e. The Morgan fingerprint density at radius 3 is 1.29 bits per heavy atom. The van der Waals surface area contributed by atoms with Crippen molar-refractivity contribution >= 4 is 0 Å². The third kappa shape index (κ3) is 14.5. The van der Waals surface area contributed by atoms with Gasteiger partial charge in [0.05, 0.1) is 39.6 Å². The lowest BCUT2D eigenvalue weighted by molar-refractivity contribution is 0.00597. The van der Waals surface area contributed by atoms with Crippen LogP contribution in [0.5, 0.6) is 0 Å². The van der Waals surface area contributed by atoms with Gasteiger partial charge in [-0.3, -0.25) is 0 Å². The van der Waals surface area contributed by atoms with Crippen LogP contribution in [0.1, 0.15) is 26.7 Å². The second-order valence-corrected chi connectivity index (χ2v) is 5.56. The molecule has 4 nitrogen and oxygen atoms in total. The Labute approximate surface area is 147 Å². The van der Waals surface area contributed by atoms with Crippen molar-refractivity contribution in [2.75, 3.05) is 52.9 Å². The number of ether oxygens (including phenoxy) is 4. The molecule has 0 aliphatic heterocycles. The highest BCUT2D eigenvalue weighted by molar-refractivity contribution is 4.85. The molecule has 0 heterocycles. The quantitative estimate of drug-likeness (QED) is 0.299. The number of hydrogen-bond acceptors (Lipinski definition) is 4. The topological polar surface area (TPSA) is 36.9 Å². The molecule has 0 aromatic carbocycles. The van der Waals surface area contributed by atoms with Crippen molar-refractivity contribution in [2.24, 2.45) is 11.8 Å². The smallest absolute Gasteiger partial charge is 0.0700 e. The molecule has 0 saturated carbocycles. The summed E-state index contributed by atoms with van der Waals surface area (Å²) >= 11 is 0. The Bertz CT molecular complexity index is 332. The fourth-order valence-corrected chi connectivity index (χ4v) is 1.97. The van der Waals surface area contributed by atoms with Crippen molar-refractivity contribution in [3.8, 4) is 0 Å². The summed E-state index contributed by atoms with van der Waals surface area (Å²) in [5, 5.41) is 0. The summed E-state index contributed by atoms with van der Waals surface area (Å²) in [5.41, 5.74) is 5.61. The molecule has 0 bridgehead atoms. The molecule has 0 amide bonds. The van der Waals surface area contributed by atoms with Crippen LogP contribution in [0, 0.1) is 11.8 Å². The van der Waals surface area contributed by atoms with E-state index < -0.39 is 0 Å². The maximum atomic E-state index is 5.65. The van der Waals surface area contributed by atoms with Gasteiger partial charge in [0.25, 0.3) is 0 Å². The molecule has 0 aliphatic carbocycles. The molecular weight excluding hydrogens is 304 g/mol. The van der Waals surface area contributed by atoms with E-state index in [9.17, 15) is 0 Å². The summed E-state index contributed by atoms with van der Waals surface area (Å²) in [6, 6.07) is 0. The summed E-state index contributed by atoms with van der Waals surface area (Å²) in [4.78, 5) is 0. The molecule has 0 rings (SSSR count). The highest BCUT2D eigenvalue weighted by Crippen LogP contribution is 2.03. The fraction of sp³-hybridized carbons (Fsp3) is 0.700. The molecule has 0 aromatic rings. The van der Waals surface area contributed by atoms with E-state index in [4.69, 9.17) is 18.9 Å². The Hall–Kier alpha value is -1.12. The van der Waals surface area contributed by atoms with E-state index in [0.717, 1.165) is 26.1 Å². The van der Waals surface area contributed by atoms with Crippen molar-refractivity contribution in [3.63, 3.8) is 0 Å². The third-order valence-electron chi connectivity index (χ3n) is 3.10. The van der Waals surface area contributed by atoms with E-state index in [-0.39, 0.29) is 11.8 Å². The third-order valence-corrected chi connectivity index (χ3v) is 3.10. The minimum absolute atomic E-state index is 0.188. The second-order valence-electron chi connectivity index (χ2n) is 5.56. The van der Waals surface area contributed by atoms with E-state index in [1.54, 1.807) is 0 Å². The second kappa shape index (κ2) is 18.2. The lowest BCUT2D eigenvalue weighted by atomic mass is 10.2. The fourth-order valence-electron chi connectivity index (χ4n) is 1.97. The molecule has 138 valence electrons. The van der Waals surface area contributed by atoms with Gasteiger partial charge in [0.15, 0.2) is 0 Å². The number of hydrogen-bond donors (Lipinski definition) is 0. The summed E-state index contributed by atoms with van der Waals surface area (Å²) < 4.78 is 22.4. The largest absolute Gasteiger partial charge is 0.381 e. The highest BCUT2D eigenvalue weighted by atomic mass is 16.5. The molecule has 0 aliphatic rings. The zero-order chi connectivity index (χ0) is 17.9. The van der Waals surface area contributed by atoms with Crippen molar-refractivity contribution in [3.05, 3.63) is 36.8 Å². The standard InChI is InChI=1S/C20H34O4/c1-5-9-19(15-21-11-7-3)17-23-13-14-24-18-20(10-6-2)16-22-12-8-4/h9-10,19-20H,1-2,7-8,11-18H2,3-4H3. The number of rotatable bonds is 17. The molecule has 0 N–H and O–H groups in total. The van der Waals surface area contributed by atoms with Crippen LogP contribution in [-0.2, 0) is 18.9 Å². The van der Waals surface area contributed by atoms with Crippen LogP contribution in [0.15, 0.2) is 36.8 Å². The van der Waals surface area contributed by atoms with Crippen molar-refractivity contribution in [1.29, 1.82) is 0 Å². The maximum absolute atomic E-state index is 5.65. The van der Waals surface area contributed by atoms with Crippen molar-refractivity contribution in [1.82, 2.24) is 0 Å². The van der Waals surface area contributed by atoms with E-state index in [1.165, 1.54) is 0 Å². The first-order valence-corrected chi connectivity index (χ1v) is 8.81. The molecule has 0 saturated heterocycles. The Morgan fingerprint density at radius 1 is 0.667 bits per heavy atom. The molecule has 0 aromatic heterocycles. The normalized spacial score (nSPS) is 12.9. The summed E-state index contributed by atoms with van der Waals surface area (Å²) in [5.74, 6) is 0.376. The van der Waals surface area contributed by atoms with Gasteiger partial charge in [-0.1, -0.05) is 27.0 Å². The molecule has 0 radical (unpaired) electrons. The average Bonchev–Trinajstić information content (AvgIpc) is 2.58. The summed E-state index contributed by atoms with van der Waals surface area (Å²) in [7, 11) is 0. The molecule has 2 unspecified atom stereocenters. The zero-order valence-corrected chi connectivity index (χ0v) is 15.4. The van der Waals surface area contributed by atoms with Gasteiger partial charge in [-0.2, -0.15) is 0 Å². The first-order valence-electron chi connectivity index (χ1n) is 8.81. The molecule has 4 heteroatoms. The molecule has 0 fully saturated rings. The Morgan fingerprint density at radius 2 is 1.00 bits per heavy atom. The maximum Gasteiger partial charge on any atom is 0.0700 e. The Kier molecular flexibility index (Phi) is 17.4. The van der Waals surface area contributed by atoms with E-state index >= 15 is 0 Å². The van der Waals surface area contributed by atoms with Crippen molar-refractivity contribution < 1.29 is 18.9 Å². The zero-order valence-electron chi connectivity index (χ0n) is 15.4. The van der Waals surface area contributed by atoms with Gasteiger partial charge in [-0.05, 0) is 25.0 Å². The van der Waals surface area contributed by atoms with Crippen LogP contribution >= 0.6 is 0 Å². The van der Waals surface area contributed by atoms with Crippen LogP contribution in [0.25, 0.3) is 0 Å². The van der Waals surface area contributed by atoms with Crippen LogP contribution in [-0.4, -0.2) is 52.9 Å². The van der Waals surface area contributed by atoms with E-state index in [1.807, 2.05) is 12.2 Å². The van der Waals surface area contributed by atoms with Gasteiger partial charge in [0.1, 0.15) is 0 Å². The van der Waals surface area contributed by atoms with Crippen LogP contribution in [0.3, 0.4) is 0 Å². The molecule has 2 atom stereocenters. The lowest BCUT2D eigenvalue weighted by Gasteiger charge is -2.15.